The Bertz CT molecular complexity index is 400. The van der Waals surface area contributed by atoms with Gasteiger partial charge < -0.3 is 14.9 Å². The minimum Gasteiger partial charge on any atom is -0.493 e. The first kappa shape index (κ1) is 11.0. The lowest BCUT2D eigenvalue weighted by atomic mass is 10.0. The monoisotopic (exact) mass is 222 g/mol. The lowest BCUT2D eigenvalue weighted by Crippen LogP contribution is -2.15. The van der Waals surface area contributed by atoms with Crippen LogP contribution in [0.5, 0.6) is 5.75 Å². The molecule has 0 fully saturated rings. The average molecular weight is 222 g/mol. The Kier molecular flexibility index (Phi) is 3.10. The second kappa shape index (κ2) is 4.53. The summed E-state index contributed by atoms with van der Waals surface area (Å²) in [5, 5.41) is 18.0. The fourth-order valence-electron chi connectivity index (χ4n) is 1.91. The predicted molar refractivity (Wildman–Crippen MR) is 57.6 cm³/mol. The van der Waals surface area contributed by atoms with Crippen molar-refractivity contribution in [2.24, 2.45) is 0 Å². The predicted octanol–water partition coefficient (Wildman–Crippen LogP) is 1.000. The van der Waals surface area contributed by atoms with Gasteiger partial charge in [-0.15, -0.1) is 0 Å². The number of ether oxygens (including phenoxy) is 1. The highest BCUT2D eigenvalue weighted by atomic mass is 16.5. The summed E-state index contributed by atoms with van der Waals surface area (Å²) in [5.41, 5.74) is 2.10. The van der Waals surface area contributed by atoms with Gasteiger partial charge in [-0.3, -0.25) is 4.79 Å². The summed E-state index contributed by atoms with van der Waals surface area (Å²) < 4.78 is 5.37. The van der Waals surface area contributed by atoms with E-state index in [1.54, 1.807) is 0 Å². The van der Waals surface area contributed by atoms with Crippen LogP contribution >= 0.6 is 0 Å². The standard InChI is InChI=1S/C12H14O4/c13-10(7-12(14)15)6-8-1-2-11-9(5-8)3-4-16-11/h1-2,5,10,13H,3-4,6-7H2,(H,14,15)/t10-/m1/s1. The molecule has 0 aliphatic carbocycles. The largest absolute Gasteiger partial charge is 0.493 e. The molecule has 0 bridgehead atoms. The van der Waals surface area contributed by atoms with Crippen LogP contribution in [0.3, 0.4) is 0 Å². The Morgan fingerprint density at radius 3 is 3.06 bits per heavy atom. The number of rotatable bonds is 4. The van der Waals surface area contributed by atoms with Gasteiger partial charge in [-0.25, -0.2) is 0 Å². The molecule has 0 amide bonds. The molecule has 1 aliphatic rings. The molecule has 16 heavy (non-hydrogen) atoms. The van der Waals surface area contributed by atoms with Crippen LogP contribution in [0.25, 0.3) is 0 Å². The number of aliphatic hydroxyl groups is 1. The third-order valence-corrected chi connectivity index (χ3v) is 2.64. The van der Waals surface area contributed by atoms with Crippen LogP contribution in [0.15, 0.2) is 18.2 Å². The van der Waals surface area contributed by atoms with Crippen molar-refractivity contribution >= 4 is 5.97 Å². The molecule has 1 aromatic rings. The number of hydrogen-bond donors (Lipinski definition) is 2. The van der Waals surface area contributed by atoms with Crippen LogP contribution < -0.4 is 4.74 Å². The van der Waals surface area contributed by atoms with Crippen molar-refractivity contribution < 1.29 is 19.7 Å². The molecule has 2 rings (SSSR count). The first-order valence-corrected chi connectivity index (χ1v) is 5.29. The van der Waals surface area contributed by atoms with Gasteiger partial charge in [0.2, 0.25) is 0 Å². The van der Waals surface area contributed by atoms with Crippen LogP contribution in [0.2, 0.25) is 0 Å². The van der Waals surface area contributed by atoms with E-state index >= 15 is 0 Å². The van der Waals surface area contributed by atoms with E-state index in [0.29, 0.717) is 13.0 Å². The molecule has 1 atom stereocenters. The molecule has 0 saturated carbocycles. The van der Waals surface area contributed by atoms with Crippen LogP contribution in [0.1, 0.15) is 17.5 Å². The van der Waals surface area contributed by atoms with Crippen molar-refractivity contribution in [2.75, 3.05) is 6.61 Å². The summed E-state index contributed by atoms with van der Waals surface area (Å²) in [5.74, 6) is -0.0755. The first-order valence-electron chi connectivity index (χ1n) is 5.29. The van der Waals surface area contributed by atoms with Crippen molar-refractivity contribution in [1.29, 1.82) is 0 Å². The van der Waals surface area contributed by atoms with Gasteiger partial charge in [0.25, 0.3) is 0 Å². The highest BCUT2D eigenvalue weighted by Crippen LogP contribution is 2.26. The quantitative estimate of drug-likeness (QED) is 0.797. The summed E-state index contributed by atoms with van der Waals surface area (Å²) in [6, 6.07) is 5.73. The van der Waals surface area contributed by atoms with Crippen molar-refractivity contribution in [1.82, 2.24) is 0 Å². The zero-order valence-corrected chi connectivity index (χ0v) is 8.85. The smallest absolute Gasteiger partial charge is 0.305 e. The van der Waals surface area contributed by atoms with Crippen molar-refractivity contribution in [3.63, 3.8) is 0 Å². The molecule has 4 nitrogen and oxygen atoms in total. The van der Waals surface area contributed by atoms with E-state index in [0.717, 1.165) is 23.3 Å². The zero-order valence-electron chi connectivity index (χ0n) is 8.85. The third kappa shape index (κ3) is 2.52. The Hall–Kier alpha value is -1.55. The molecule has 0 aromatic heterocycles. The summed E-state index contributed by atoms with van der Waals surface area (Å²) in [6.45, 7) is 0.705. The molecule has 0 saturated heterocycles. The van der Waals surface area contributed by atoms with Crippen LogP contribution in [-0.4, -0.2) is 28.9 Å². The zero-order chi connectivity index (χ0) is 11.5. The number of hydrogen-bond acceptors (Lipinski definition) is 3. The minimum absolute atomic E-state index is 0.215. The maximum absolute atomic E-state index is 10.4. The number of carbonyl (C=O) groups is 1. The fraction of sp³-hybridized carbons (Fsp3) is 0.417. The Labute approximate surface area is 93.5 Å². The molecule has 1 aromatic carbocycles. The third-order valence-electron chi connectivity index (χ3n) is 2.64. The Morgan fingerprint density at radius 1 is 1.50 bits per heavy atom. The minimum atomic E-state index is -0.975. The van der Waals surface area contributed by atoms with Gasteiger partial charge in [-0.1, -0.05) is 12.1 Å². The second-order valence-corrected chi connectivity index (χ2v) is 4.00. The van der Waals surface area contributed by atoms with Gasteiger partial charge in [0.1, 0.15) is 5.75 Å². The molecule has 86 valence electrons. The molecule has 0 spiro atoms. The van der Waals surface area contributed by atoms with Gasteiger partial charge in [0, 0.05) is 6.42 Å². The number of carboxylic acid groups (broad SMARTS) is 1. The lowest BCUT2D eigenvalue weighted by molar-refractivity contribution is -0.139. The van der Waals surface area contributed by atoms with Crippen molar-refractivity contribution in [3.05, 3.63) is 29.3 Å². The van der Waals surface area contributed by atoms with E-state index in [-0.39, 0.29) is 6.42 Å². The van der Waals surface area contributed by atoms with Gasteiger partial charge in [0.05, 0.1) is 19.1 Å². The summed E-state index contributed by atoms with van der Waals surface area (Å²) in [6.07, 6.45) is 0.226. The summed E-state index contributed by atoms with van der Waals surface area (Å²) in [4.78, 5) is 10.4. The van der Waals surface area contributed by atoms with Gasteiger partial charge in [-0.2, -0.15) is 0 Å². The van der Waals surface area contributed by atoms with Crippen molar-refractivity contribution in [3.8, 4) is 5.75 Å². The molecule has 2 N–H and O–H groups in total. The SMILES string of the molecule is O=C(O)C[C@H](O)Cc1ccc2c(c1)CCO2. The number of aliphatic carboxylic acids is 1. The van der Waals surface area contributed by atoms with Gasteiger partial charge >= 0.3 is 5.97 Å². The Balaban J connectivity index is 2.02. The normalized spacial score (nSPS) is 15.3. The van der Waals surface area contributed by atoms with Crippen LogP contribution in [0.4, 0.5) is 0 Å². The number of fused-ring (bicyclic) bond motifs is 1. The highest BCUT2D eigenvalue weighted by molar-refractivity contribution is 5.67. The molecular formula is C12H14O4. The maximum Gasteiger partial charge on any atom is 0.305 e. The summed E-state index contributed by atoms with van der Waals surface area (Å²) >= 11 is 0. The van der Waals surface area contributed by atoms with E-state index in [4.69, 9.17) is 9.84 Å². The highest BCUT2D eigenvalue weighted by Gasteiger charge is 2.14. The topological polar surface area (TPSA) is 66.8 Å². The molecular weight excluding hydrogens is 208 g/mol. The van der Waals surface area contributed by atoms with E-state index in [1.807, 2.05) is 18.2 Å². The summed E-state index contributed by atoms with van der Waals surface area (Å²) in [7, 11) is 0. The van der Waals surface area contributed by atoms with Crippen LogP contribution in [0, 0.1) is 0 Å². The van der Waals surface area contributed by atoms with Gasteiger partial charge in [-0.05, 0) is 23.6 Å². The fourth-order valence-corrected chi connectivity index (χ4v) is 1.91. The molecule has 1 heterocycles. The maximum atomic E-state index is 10.4. The van der Waals surface area contributed by atoms with E-state index in [2.05, 4.69) is 0 Å². The lowest BCUT2D eigenvalue weighted by Gasteiger charge is -2.08. The molecule has 4 heteroatoms. The van der Waals surface area contributed by atoms with Crippen LogP contribution in [-0.2, 0) is 17.6 Å². The van der Waals surface area contributed by atoms with E-state index in [9.17, 15) is 9.90 Å². The molecule has 1 aliphatic heterocycles. The number of carboxylic acids is 1. The average Bonchev–Trinajstić information content (AvgIpc) is 2.63. The Morgan fingerprint density at radius 2 is 2.31 bits per heavy atom. The second-order valence-electron chi connectivity index (χ2n) is 4.00. The van der Waals surface area contributed by atoms with Gasteiger partial charge in [0.15, 0.2) is 0 Å². The molecule has 0 radical (unpaired) electrons. The molecule has 0 unspecified atom stereocenters. The number of benzene rings is 1. The van der Waals surface area contributed by atoms with E-state index < -0.39 is 12.1 Å². The number of aliphatic hydroxyl groups excluding tert-OH is 1. The van der Waals surface area contributed by atoms with E-state index in [1.165, 1.54) is 0 Å². The van der Waals surface area contributed by atoms with Crippen molar-refractivity contribution in [2.45, 2.75) is 25.4 Å². The first-order chi connectivity index (χ1) is 7.65.